The molecule has 5 fully saturated rings. The monoisotopic (exact) mass is 384 g/mol. The van der Waals surface area contributed by atoms with Gasteiger partial charge in [0.05, 0.1) is 12.8 Å². The summed E-state index contributed by atoms with van der Waals surface area (Å²) in [7, 11) is 0. The number of hydrogen-bond donors (Lipinski definition) is 1. The summed E-state index contributed by atoms with van der Waals surface area (Å²) in [5.74, 6) is -1.82. The van der Waals surface area contributed by atoms with E-state index in [1.54, 1.807) is 0 Å². The molecule has 4 saturated heterocycles. The summed E-state index contributed by atoms with van der Waals surface area (Å²) in [6.45, 7) is 6.06. The minimum absolute atomic E-state index is 0.0670. The van der Waals surface area contributed by atoms with Crippen molar-refractivity contribution >= 4 is 11.9 Å². The van der Waals surface area contributed by atoms with Crippen LogP contribution >= 0.6 is 0 Å². The van der Waals surface area contributed by atoms with Crippen LogP contribution < -0.4 is 0 Å². The second-order valence-electron chi connectivity index (χ2n) is 8.66. The summed E-state index contributed by atoms with van der Waals surface area (Å²) in [6.07, 6.45) is 1.72. The summed E-state index contributed by atoms with van der Waals surface area (Å²) in [5.41, 5.74) is -0.697. The normalized spacial score (nSPS) is 48.4. The summed E-state index contributed by atoms with van der Waals surface area (Å²) in [4.78, 5) is 34.5. The maximum absolute atomic E-state index is 12.1. The minimum Gasteiger partial charge on any atom is -0.481 e. The van der Waals surface area contributed by atoms with E-state index in [0.717, 1.165) is 19.3 Å². The number of esters is 1. The molecule has 4 heterocycles. The number of aliphatic carboxylic acids is 1. The van der Waals surface area contributed by atoms with E-state index in [1.807, 2.05) is 13.8 Å². The highest BCUT2D eigenvalue weighted by Crippen LogP contribution is 2.60. The van der Waals surface area contributed by atoms with Gasteiger partial charge in [0.25, 0.3) is 0 Å². The van der Waals surface area contributed by atoms with Crippen molar-refractivity contribution in [2.24, 2.45) is 23.7 Å². The van der Waals surface area contributed by atoms with Crippen molar-refractivity contribution in [3.63, 3.8) is 0 Å². The highest BCUT2D eigenvalue weighted by atomic mass is 17.3. The molecule has 8 atom stereocenters. The molecule has 4 aliphatic heterocycles. The number of carboxylic acid groups (broad SMARTS) is 1. The van der Waals surface area contributed by atoms with Gasteiger partial charge in [-0.2, -0.15) is 0 Å². The van der Waals surface area contributed by atoms with Gasteiger partial charge >= 0.3 is 11.9 Å². The minimum atomic E-state index is -1.03. The van der Waals surface area contributed by atoms with Crippen molar-refractivity contribution in [3.8, 4) is 0 Å². The van der Waals surface area contributed by atoms with Crippen molar-refractivity contribution in [3.05, 3.63) is 0 Å². The molecule has 2 bridgehead atoms. The molecule has 8 nitrogen and oxygen atoms in total. The number of ether oxygens (including phenoxy) is 3. The molecule has 2 unspecified atom stereocenters. The van der Waals surface area contributed by atoms with Crippen LogP contribution in [-0.2, 0) is 33.6 Å². The molecule has 0 amide bonds. The Labute approximate surface area is 158 Å². The first kappa shape index (κ1) is 19.1. The van der Waals surface area contributed by atoms with E-state index in [2.05, 4.69) is 6.92 Å². The Kier molecular flexibility index (Phi) is 4.73. The molecule has 0 aromatic rings. The molecule has 152 valence electrons. The molecule has 0 aromatic heterocycles. The highest BCUT2D eigenvalue weighted by Gasteiger charge is 2.69. The van der Waals surface area contributed by atoms with Crippen LogP contribution in [0.2, 0.25) is 0 Å². The summed E-state index contributed by atoms with van der Waals surface area (Å²) < 4.78 is 17.8. The van der Waals surface area contributed by atoms with Crippen LogP contribution in [0.4, 0.5) is 0 Å². The van der Waals surface area contributed by atoms with E-state index >= 15 is 0 Å². The Morgan fingerprint density at radius 3 is 2.63 bits per heavy atom. The molecule has 0 aromatic carbocycles. The quantitative estimate of drug-likeness (QED) is 0.583. The lowest BCUT2D eigenvalue weighted by Gasteiger charge is -2.59. The Balaban J connectivity index is 1.58. The number of carboxylic acids is 1. The second kappa shape index (κ2) is 6.69. The van der Waals surface area contributed by atoms with Crippen LogP contribution in [0.5, 0.6) is 0 Å². The maximum atomic E-state index is 12.1. The zero-order valence-corrected chi connectivity index (χ0v) is 16.0. The molecule has 0 radical (unpaired) electrons. The topological polar surface area (TPSA) is 101 Å². The van der Waals surface area contributed by atoms with Crippen LogP contribution in [0.1, 0.15) is 59.3 Å². The summed E-state index contributed by atoms with van der Waals surface area (Å²) in [6, 6.07) is 0. The third-order valence-corrected chi connectivity index (χ3v) is 6.89. The number of carbonyl (C=O) groups is 2. The van der Waals surface area contributed by atoms with Crippen molar-refractivity contribution in [1.82, 2.24) is 0 Å². The van der Waals surface area contributed by atoms with Gasteiger partial charge in [0.2, 0.25) is 12.1 Å². The van der Waals surface area contributed by atoms with Gasteiger partial charge in [0, 0.05) is 18.3 Å². The molecule has 5 rings (SSSR count). The highest BCUT2D eigenvalue weighted by molar-refractivity contribution is 5.76. The lowest BCUT2D eigenvalue weighted by atomic mass is 9.58. The van der Waals surface area contributed by atoms with Crippen molar-refractivity contribution in [2.75, 3.05) is 0 Å². The van der Waals surface area contributed by atoms with Crippen molar-refractivity contribution < 1.29 is 38.7 Å². The van der Waals surface area contributed by atoms with Crippen LogP contribution in [0, 0.1) is 23.7 Å². The third kappa shape index (κ3) is 3.06. The van der Waals surface area contributed by atoms with Gasteiger partial charge < -0.3 is 19.3 Å². The first-order chi connectivity index (χ1) is 12.7. The molecule has 5 aliphatic rings. The summed E-state index contributed by atoms with van der Waals surface area (Å²) in [5, 5.41) is 8.76. The molecular formula is C19H28O8. The zero-order valence-electron chi connectivity index (χ0n) is 16.0. The van der Waals surface area contributed by atoms with E-state index in [1.165, 1.54) is 0 Å². The SMILES string of the molecule is C[C@@H]1CC[C@H]2[C@@H](C)C(OC(=O)CCC(=O)O)OC3O[C@]4(C)CC[C@@H]1[C@]32OO4. The average Bonchev–Trinajstić information content (AvgIpc) is 2.84. The van der Waals surface area contributed by atoms with Crippen molar-refractivity contribution in [1.29, 1.82) is 0 Å². The predicted molar refractivity (Wildman–Crippen MR) is 89.8 cm³/mol. The van der Waals surface area contributed by atoms with Gasteiger partial charge in [-0.1, -0.05) is 13.8 Å². The zero-order chi connectivity index (χ0) is 19.4. The Bertz CT molecular complexity index is 623. The smallest absolute Gasteiger partial charge is 0.308 e. The molecular weight excluding hydrogens is 356 g/mol. The van der Waals surface area contributed by atoms with Crippen LogP contribution in [0.3, 0.4) is 0 Å². The fourth-order valence-electron chi connectivity index (χ4n) is 5.40. The molecule has 1 spiro atoms. The van der Waals surface area contributed by atoms with E-state index < -0.39 is 35.9 Å². The number of carbonyl (C=O) groups excluding carboxylic acids is 1. The average molecular weight is 384 g/mol. The first-order valence-corrected chi connectivity index (χ1v) is 9.86. The molecule has 27 heavy (non-hydrogen) atoms. The fraction of sp³-hybridized carbons (Fsp3) is 0.895. The predicted octanol–water partition coefficient (Wildman–Crippen LogP) is 2.60. The van der Waals surface area contributed by atoms with E-state index in [-0.39, 0.29) is 30.6 Å². The van der Waals surface area contributed by atoms with E-state index in [9.17, 15) is 9.59 Å². The number of fused-ring (bicyclic) bond motifs is 2. The van der Waals surface area contributed by atoms with E-state index in [4.69, 9.17) is 29.1 Å². The lowest BCUT2D eigenvalue weighted by molar-refractivity contribution is -0.576. The maximum Gasteiger partial charge on any atom is 0.308 e. The van der Waals surface area contributed by atoms with Crippen LogP contribution in [0.15, 0.2) is 0 Å². The Morgan fingerprint density at radius 1 is 1.11 bits per heavy atom. The Morgan fingerprint density at radius 2 is 1.89 bits per heavy atom. The molecule has 8 heteroatoms. The van der Waals surface area contributed by atoms with Gasteiger partial charge in [-0.3, -0.25) is 9.59 Å². The molecule has 1 aliphatic carbocycles. The first-order valence-electron chi connectivity index (χ1n) is 9.86. The van der Waals surface area contributed by atoms with Gasteiger partial charge in [0.1, 0.15) is 0 Å². The third-order valence-electron chi connectivity index (χ3n) is 6.89. The molecule has 1 N–H and O–H groups in total. The fourth-order valence-corrected chi connectivity index (χ4v) is 5.40. The van der Waals surface area contributed by atoms with Gasteiger partial charge in [-0.05, 0) is 38.0 Å². The van der Waals surface area contributed by atoms with Crippen molar-refractivity contribution in [2.45, 2.75) is 83.3 Å². The lowest BCUT2D eigenvalue weighted by Crippen LogP contribution is -2.70. The Hall–Kier alpha value is -1.22. The second-order valence-corrected chi connectivity index (χ2v) is 8.66. The van der Waals surface area contributed by atoms with Crippen LogP contribution in [0.25, 0.3) is 0 Å². The van der Waals surface area contributed by atoms with Gasteiger partial charge in [-0.25, -0.2) is 9.78 Å². The van der Waals surface area contributed by atoms with Gasteiger partial charge in [0.15, 0.2) is 11.9 Å². The summed E-state index contributed by atoms with van der Waals surface area (Å²) >= 11 is 0. The number of rotatable bonds is 4. The largest absolute Gasteiger partial charge is 0.481 e. The van der Waals surface area contributed by atoms with Gasteiger partial charge in [-0.15, -0.1) is 0 Å². The number of hydrogen-bond acceptors (Lipinski definition) is 7. The van der Waals surface area contributed by atoms with E-state index in [0.29, 0.717) is 12.3 Å². The standard InChI is InChI=1S/C19H28O8/c1-10-4-5-13-11(2)16(23-15(22)7-6-14(20)21)24-17-19(13)12(10)8-9-18(3,25-17)26-27-19/h10-13,16-17H,4-9H2,1-3H3,(H,20,21)/t10-,11-,12+,13+,16?,17?,18+,19-/m1/s1. The molecule has 1 saturated carbocycles. The van der Waals surface area contributed by atoms with Crippen LogP contribution in [-0.4, -0.2) is 41.0 Å².